The molecule has 22 heteroatoms. The molecule has 1 unspecified atom stereocenters. The summed E-state index contributed by atoms with van der Waals surface area (Å²) >= 11 is 0. The van der Waals surface area contributed by atoms with Crippen molar-refractivity contribution in [2.24, 2.45) is 0 Å². The number of aromatic amines is 1. The fourth-order valence-electron chi connectivity index (χ4n) is 2.92. The van der Waals surface area contributed by atoms with Crippen LogP contribution in [0.15, 0.2) is 21.9 Å². The van der Waals surface area contributed by atoms with Gasteiger partial charge in [0.15, 0.2) is 18.6 Å². The summed E-state index contributed by atoms with van der Waals surface area (Å²) in [6.07, 6.45) is -17.8. The van der Waals surface area contributed by atoms with Crippen molar-refractivity contribution in [3.05, 3.63) is 33.1 Å². The Bertz CT molecular complexity index is 1180. The topological polar surface area (TPSA) is 330 Å². The molecule has 1 saturated heterocycles. The first-order valence-electron chi connectivity index (χ1n) is 9.69. The zero-order chi connectivity index (χ0) is 28.3. The second-order valence-corrected chi connectivity index (χ2v) is 10.2. The van der Waals surface area contributed by atoms with E-state index in [-0.39, 0.29) is 0 Å². The van der Waals surface area contributed by atoms with E-state index in [1.807, 2.05) is 4.98 Å². The molecular formula is C15H19N2O18P2-3. The molecule has 0 amide bonds. The highest BCUT2D eigenvalue weighted by Crippen LogP contribution is 2.59. The highest BCUT2D eigenvalue weighted by atomic mass is 31.3. The van der Waals surface area contributed by atoms with E-state index in [1.165, 1.54) is 0 Å². The second kappa shape index (κ2) is 12.1. The molecule has 0 aliphatic carbocycles. The minimum absolute atomic E-state index is 0.459. The van der Waals surface area contributed by atoms with Crippen LogP contribution in [-0.4, -0.2) is 96.7 Å². The minimum Gasteiger partial charge on any atom is -0.789 e. The molecule has 20 nitrogen and oxygen atoms in total. The van der Waals surface area contributed by atoms with Gasteiger partial charge in [-0.05, 0) is 0 Å². The summed E-state index contributed by atoms with van der Waals surface area (Å²) in [5.74, 6) is -2.32. The number of ether oxygens (including phenoxy) is 1. The Labute approximate surface area is 204 Å². The van der Waals surface area contributed by atoms with Crippen molar-refractivity contribution in [2.45, 2.75) is 49.0 Å². The van der Waals surface area contributed by atoms with Crippen LogP contribution in [0.3, 0.4) is 0 Å². The Balaban J connectivity index is 2.23. The van der Waals surface area contributed by atoms with E-state index in [9.17, 15) is 68.7 Å². The second-order valence-electron chi connectivity index (χ2n) is 7.29. The number of carbonyl (C=O) groups is 2. The van der Waals surface area contributed by atoms with Crippen molar-refractivity contribution < 1.29 is 77.2 Å². The number of aliphatic hydroxyl groups is 5. The lowest BCUT2D eigenvalue weighted by Gasteiger charge is -2.34. The number of aldehydes is 1. The van der Waals surface area contributed by atoms with Gasteiger partial charge in [-0.15, -0.1) is 0 Å². The Morgan fingerprint density at radius 1 is 1.19 bits per heavy atom. The van der Waals surface area contributed by atoms with Crippen LogP contribution in [0, 0.1) is 0 Å². The number of hydrogen-bond donors (Lipinski definition) is 6. The molecule has 210 valence electrons. The predicted octanol–water partition coefficient (Wildman–Crippen LogP) is -7.46. The predicted molar refractivity (Wildman–Crippen MR) is 103 cm³/mol. The maximum Gasteiger partial charge on any atom is 0.479 e. The molecule has 0 bridgehead atoms. The van der Waals surface area contributed by atoms with Gasteiger partial charge in [0.25, 0.3) is 5.56 Å². The zero-order valence-electron chi connectivity index (χ0n) is 17.9. The molecule has 2 heterocycles. The zero-order valence-corrected chi connectivity index (χ0v) is 19.7. The van der Waals surface area contributed by atoms with Gasteiger partial charge in [0.2, 0.25) is 0 Å². The van der Waals surface area contributed by atoms with Crippen LogP contribution in [-0.2, 0) is 36.8 Å². The van der Waals surface area contributed by atoms with Crippen molar-refractivity contribution >= 4 is 27.9 Å². The third kappa shape index (κ3) is 7.91. The highest BCUT2D eigenvalue weighted by Gasteiger charge is 2.46. The Morgan fingerprint density at radius 2 is 1.81 bits per heavy atom. The molecule has 0 saturated carbocycles. The summed E-state index contributed by atoms with van der Waals surface area (Å²) in [4.78, 5) is 68.9. The van der Waals surface area contributed by atoms with E-state index >= 15 is 0 Å². The number of aliphatic hydroxyl groups excluding tert-OH is 5. The smallest absolute Gasteiger partial charge is 0.479 e. The van der Waals surface area contributed by atoms with Gasteiger partial charge >= 0.3 is 13.5 Å². The Kier molecular flexibility index (Phi) is 10.2. The standard InChI is InChI=1S/C15H22N2O18P2/c18-3-5(8(20)10(22)12(24)14(25)26)34-37(31,35-36(28,29)30)32-4-6-9(21)11(23)13(33-6)17-2-1-7(19)16-15(17)27/h1-3,5-6,8-13,20-24H,4H2,(H,25,26)(H,16,19,27)(H2,28,29,30)/p-3/t5-,6+,8+,9+,10-,11+,12-,13+,37?/m0/s1. The number of carboxylic acid groups (broad SMARTS) is 1. The highest BCUT2D eigenvalue weighted by molar-refractivity contribution is 7.60. The molecule has 1 aliphatic heterocycles. The van der Waals surface area contributed by atoms with Crippen LogP contribution >= 0.6 is 15.6 Å². The average Bonchev–Trinajstić information content (AvgIpc) is 3.07. The number of H-pyrrole nitrogens is 1. The van der Waals surface area contributed by atoms with Crippen LogP contribution < -0.4 is 26.1 Å². The third-order valence-electron chi connectivity index (χ3n) is 4.70. The van der Waals surface area contributed by atoms with Crippen molar-refractivity contribution in [2.75, 3.05) is 6.61 Å². The molecule has 2 rings (SSSR count). The van der Waals surface area contributed by atoms with Gasteiger partial charge in [-0.25, -0.2) is 9.36 Å². The van der Waals surface area contributed by atoms with E-state index < -0.39 is 94.7 Å². The number of phosphoric ester groups is 1. The van der Waals surface area contributed by atoms with Crippen LogP contribution in [0.2, 0.25) is 0 Å². The first kappa shape index (κ1) is 31.1. The number of hydrogen-bond acceptors (Lipinski definition) is 18. The molecule has 6 N–H and O–H groups in total. The maximum absolute atomic E-state index is 12.7. The van der Waals surface area contributed by atoms with E-state index in [0.29, 0.717) is 4.57 Å². The number of nitrogens with one attached hydrogen (secondary N) is 1. The summed E-state index contributed by atoms with van der Waals surface area (Å²) in [5.41, 5.74) is -1.89. The molecule has 1 fully saturated rings. The molecule has 37 heavy (non-hydrogen) atoms. The summed E-state index contributed by atoms with van der Waals surface area (Å²) in [6, 6.07) is 0.861. The lowest BCUT2D eigenvalue weighted by molar-refractivity contribution is -0.335. The van der Waals surface area contributed by atoms with Crippen LogP contribution in [0.4, 0.5) is 0 Å². The minimum atomic E-state index is -6.26. The van der Waals surface area contributed by atoms with Gasteiger partial charge in [0, 0.05) is 12.3 Å². The van der Waals surface area contributed by atoms with Gasteiger partial charge in [-0.2, -0.15) is 0 Å². The van der Waals surface area contributed by atoms with Gasteiger partial charge in [0.05, 0.1) is 20.4 Å². The van der Waals surface area contributed by atoms with Crippen LogP contribution in [0.25, 0.3) is 0 Å². The van der Waals surface area contributed by atoms with Crippen molar-refractivity contribution in [1.82, 2.24) is 9.55 Å². The number of aliphatic carboxylic acids is 1. The lowest BCUT2D eigenvalue weighted by atomic mass is 10.0. The molecule has 9 atom stereocenters. The number of phosphoric acid groups is 2. The summed E-state index contributed by atoms with van der Waals surface area (Å²) in [5, 5.41) is 59.6. The number of aromatic nitrogens is 2. The van der Waals surface area contributed by atoms with Gasteiger partial charge in [-0.1, -0.05) is 0 Å². The van der Waals surface area contributed by atoms with Crippen molar-refractivity contribution in [3.8, 4) is 0 Å². The van der Waals surface area contributed by atoms with Crippen LogP contribution in [0.5, 0.6) is 0 Å². The van der Waals surface area contributed by atoms with Crippen molar-refractivity contribution in [3.63, 3.8) is 0 Å². The maximum atomic E-state index is 12.7. The fourth-order valence-corrected chi connectivity index (χ4v) is 5.11. The summed E-state index contributed by atoms with van der Waals surface area (Å²) in [6.45, 7) is -1.24. The van der Waals surface area contributed by atoms with E-state index in [2.05, 4.69) is 13.4 Å². The van der Waals surface area contributed by atoms with E-state index in [4.69, 9.17) is 4.74 Å². The first-order chi connectivity index (χ1) is 17.0. The number of carboxylic acids is 1. The third-order valence-corrected chi connectivity index (χ3v) is 7.26. The number of carbonyl (C=O) groups excluding carboxylic acids is 2. The van der Waals surface area contributed by atoms with E-state index in [0.717, 1.165) is 12.3 Å². The normalized spacial score (nSPS) is 27.1. The van der Waals surface area contributed by atoms with E-state index in [1.54, 1.807) is 0 Å². The van der Waals surface area contributed by atoms with Crippen LogP contribution in [0.1, 0.15) is 6.23 Å². The van der Waals surface area contributed by atoms with Gasteiger partial charge < -0.3 is 59.3 Å². The van der Waals surface area contributed by atoms with Gasteiger partial charge in [-0.3, -0.25) is 27.7 Å². The molecule has 1 aromatic rings. The Hall–Kier alpha value is -2.16. The molecule has 1 aliphatic rings. The molecule has 0 radical (unpaired) electrons. The van der Waals surface area contributed by atoms with Crippen molar-refractivity contribution in [1.29, 1.82) is 0 Å². The lowest BCUT2D eigenvalue weighted by Crippen LogP contribution is -2.52. The first-order valence-corrected chi connectivity index (χ1v) is 12.6. The monoisotopic (exact) mass is 577 g/mol. The molecular weight excluding hydrogens is 558 g/mol. The fraction of sp³-hybridized carbons (Fsp3) is 0.600. The molecule has 0 aromatic carbocycles. The number of rotatable bonds is 13. The molecule has 0 spiro atoms. The summed E-state index contributed by atoms with van der Waals surface area (Å²) in [7, 11) is -12.1. The summed E-state index contributed by atoms with van der Waals surface area (Å²) < 4.78 is 42.2. The number of nitrogens with zero attached hydrogens (tertiary/aromatic N) is 1. The quantitative estimate of drug-likeness (QED) is 0.0936. The average molecular weight is 577 g/mol. The molecule has 1 aromatic heterocycles. The van der Waals surface area contributed by atoms with Gasteiger partial charge in [0.1, 0.15) is 36.6 Å². The largest absolute Gasteiger partial charge is 0.789 e. The SMILES string of the molecule is O=C[C@H](OP(=O)(OC[C@H]1O[C@@H](n2ccc(=O)[nH]c2=O)[C@H](O)[C@@H]1O)OP(=O)([O-])[O-])[C@@H](O)[C@H](O)[C@H](O)C(=O)[O-]. The Morgan fingerprint density at radius 3 is 2.32 bits per heavy atom.